The fourth-order valence-corrected chi connectivity index (χ4v) is 6.27. The monoisotopic (exact) mass is 540 g/mol. The molecule has 1 heterocycles. The first kappa shape index (κ1) is 27.9. The summed E-state index contributed by atoms with van der Waals surface area (Å²) < 4.78 is 50.0. The topological polar surface area (TPSA) is 94.6 Å². The fraction of sp³-hybridized carbons (Fsp3) is 0.480. The van der Waals surface area contributed by atoms with Gasteiger partial charge in [0.1, 0.15) is 10.6 Å². The number of sulfonamides is 1. The molecule has 2 aromatic rings. The van der Waals surface area contributed by atoms with E-state index in [-0.39, 0.29) is 23.1 Å². The van der Waals surface area contributed by atoms with E-state index in [1.54, 1.807) is 43.1 Å². The molecule has 0 bridgehead atoms. The van der Waals surface area contributed by atoms with Gasteiger partial charge in [0.2, 0.25) is 21.7 Å². The largest absolute Gasteiger partial charge is 0.493 e. The van der Waals surface area contributed by atoms with Gasteiger partial charge in [0, 0.05) is 31.7 Å². The minimum absolute atomic E-state index is 0.00993. The Morgan fingerprint density at radius 1 is 1.08 bits per heavy atom. The molecule has 0 unspecified atom stereocenters. The predicted octanol–water partition coefficient (Wildman–Crippen LogP) is 3.82. The van der Waals surface area contributed by atoms with Gasteiger partial charge in [0.25, 0.3) is 0 Å². The van der Waals surface area contributed by atoms with Crippen molar-refractivity contribution in [2.24, 2.45) is 5.92 Å². The third kappa shape index (κ3) is 5.99. The van der Waals surface area contributed by atoms with Crippen molar-refractivity contribution >= 4 is 27.5 Å². The van der Waals surface area contributed by atoms with Crippen LogP contribution < -0.4 is 18.9 Å². The molecule has 0 aliphatic carbocycles. The van der Waals surface area contributed by atoms with Gasteiger partial charge in [-0.3, -0.25) is 4.79 Å². The van der Waals surface area contributed by atoms with Crippen LogP contribution in [0.5, 0.6) is 23.0 Å². The number of carbonyl (C=O) groups is 1. The second kappa shape index (κ2) is 12.0. The van der Waals surface area contributed by atoms with Crippen molar-refractivity contribution in [3.05, 3.63) is 40.9 Å². The Morgan fingerprint density at radius 3 is 2.33 bits per heavy atom. The average molecular weight is 541 g/mol. The van der Waals surface area contributed by atoms with E-state index < -0.39 is 15.9 Å². The molecule has 198 valence electrons. The maximum atomic E-state index is 13.5. The van der Waals surface area contributed by atoms with E-state index in [1.165, 1.54) is 31.7 Å². The Bertz CT molecular complexity index is 1160. The van der Waals surface area contributed by atoms with E-state index in [0.717, 1.165) is 5.56 Å². The third-order valence-electron chi connectivity index (χ3n) is 6.08. The van der Waals surface area contributed by atoms with Gasteiger partial charge in [0.15, 0.2) is 11.5 Å². The molecule has 36 heavy (non-hydrogen) atoms. The summed E-state index contributed by atoms with van der Waals surface area (Å²) in [7, 11) is 2.38. The smallest absolute Gasteiger partial charge is 0.246 e. The zero-order valence-corrected chi connectivity index (χ0v) is 22.8. The Labute approximate surface area is 217 Å². The summed E-state index contributed by atoms with van der Waals surface area (Å²) in [6.07, 6.45) is 1.16. The molecule has 3 rings (SSSR count). The molecule has 0 aromatic heterocycles. The van der Waals surface area contributed by atoms with Crippen LogP contribution in [-0.2, 0) is 21.4 Å². The number of rotatable bonds is 10. The summed E-state index contributed by atoms with van der Waals surface area (Å²) in [4.78, 5) is 14.9. The van der Waals surface area contributed by atoms with Gasteiger partial charge < -0.3 is 23.8 Å². The summed E-state index contributed by atoms with van der Waals surface area (Å²) >= 11 is 6.10. The number of hydrogen-bond donors (Lipinski definition) is 0. The van der Waals surface area contributed by atoms with Crippen molar-refractivity contribution in [1.29, 1.82) is 0 Å². The molecule has 2 aromatic carbocycles. The lowest BCUT2D eigenvalue weighted by Crippen LogP contribution is -2.45. The van der Waals surface area contributed by atoms with Crippen LogP contribution in [0, 0.1) is 5.92 Å². The molecule has 11 heteroatoms. The Hall–Kier alpha value is -2.69. The van der Waals surface area contributed by atoms with E-state index in [2.05, 4.69) is 0 Å². The van der Waals surface area contributed by atoms with Crippen molar-refractivity contribution in [1.82, 2.24) is 9.21 Å². The maximum absolute atomic E-state index is 13.5. The molecular formula is C25H33ClN2O7S. The number of ether oxygens (including phenoxy) is 4. The number of benzene rings is 2. The van der Waals surface area contributed by atoms with Crippen molar-refractivity contribution < 1.29 is 32.2 Å². The Kier molecular flexibility index (Phi) is 9.32. The summed E-state index contributed by atoms with van der Waals surface area (Å²) in [6.45, 7) is 2.79. The Balaban J connectivity index is 1.78. The first-order chi connectivity index (χ1) is 17.2. The van der Waals surface area contributed by atoms with E-state index in [4.69, 9.17) is 30.5 Å². The van der Waals surface area contributed by atoms with Crippen LogP contribution in [0.15, 0.2) is 35.2 Å². The number of halogens is 1. The zero-order chi connectivity index (χ0) is 26.5. The lowest BCUT2D eigenvalue weighted by atomic mass is 9.98. The highest BCUT2D eigenvalue weighted by Crippen LogP contribution is 2.38. The van der Waals surface area contributed by atoms with Gasteiger partial charge in [-0.05, 0) is 55.7 Å². The minimum atomic E-state index is -3.91. The van der Waals surface area contributed by atoms with Crippen LogP contribution in [-0.4, -0.2) is 71.6 Å². The highest BCUT2D eigenvalue weighted by molar-refractivity contribution is 7.89. The number of carbonyl (C=O) groups excluding carboxylic acids is 1. The van der Waals surface area contributed by atoms with E-state index >= 15 is 0 Å². The molecule has 1 aliphatic heterocycles. The maximum Gasteiger partial charge on any atom is 0.246 e. The SMILES string of the molecule is CCOc1ccc(Cl)cc1S(=O)(=O)N1CCC[C@H](C(=O)N(C)Cc2cc(OC)c(OC)c(OC)c2)C1. The minimum Gasteiger partial charge on any atom is -0.493 e. The number of amides is 1. The molecule has 0 saturated carbocycles. The summed E-state index contributed by atoms with van der Waals surface area (Å²) in [5, 5.41) is 0.298. The van der Waals surface area contributed by atoms with Crippen molar-refractivity contribution in [2.45, 2.75) is 31.2 Å². The second-order valence-electron chi connectivity index (χ2n) is 8.45. The first-order valence-corrected chi connectivity index (χ1v) is 13.4. The highest BCUT2D eigenvalue weighted by Gasteiger charge is 2.36. The second-order valence-corrected chi connectivity index (χ2v) is 10.8. The van der Waals surface area contributed by atoms with Gasteiger partial charge in [-0.25, -0.2) is 8.42 Å². The molecule has 1 amide bonds. The Morgan fingerprint density at radius 2 is 1.75 bits per heavy atom. The highest BCUT2D eigenvalue weighted by atomic mass is 35.5. The summed E-state index contributed by atoms with van der Waals surface area (Å²) in [6, 6.07) is 8.11. The van der Waals surface area contributed by atoms with Crippen molar-refractivity contribution in [3.8, 4) is 23.0 Å². The van der Waals surface area contributed by atoms with Crippen LogP contribution >= 0.6 is 11.6 Å². The van der Waals surface area contributed by atoms with Gasteiger partial charge in [-0.15, -0.1) is 0 Å². The quantitative estimate of drug-likeness (QED) is 0.452. The normalized spacial score (nSPS) is 16.3. The number of methoxy groups -OCH3 is 3. The molecule has 0 spiro atoms. The third-order valence-corrected chi connectivity index (χ3v) is 8.20. The molecule has 0 radical (unpaired) electrons. The van der Waals surface area contributed by atoms with E-state index in [9.17, 15) is 13.2 Å². The summed E-state index contributed by atoms with van der Waals surface area (Å²) in [5.41, 5.74) is 0.793. The van der Waals surface area contributed by atoms with Crippen LogP contribution in [0.2, 0.25) is 5.02 Å². The first-order valence-electron chi connectivity index (χ1n) is 11.6. The summed E-state index contributed by atoms with van der Waals surface area (Å²) in [5.74, 6) is 1.09. The molecule has 1 fully saturated rings. The van der Waals surface area contributed by atoms with Crippen LogP contribution in [0.1, 0.15) is 25.3 Å². The molecule has 9 nitrogen and oxygen atoms in total. The van der Waals surface area contributed by atoms with Gasteiger partial charge in [-0.1, -0.05) is 11.6 Å². The molecule has 0 N–H and O–H groups in total. The van der Waals surface area contributed by atoms with Crippen LogP contribution in [0.25, 0.3) is 0 Å². The van der Waals surface area contributed by atoms with Crippen molar-refractivity contribution in [3.63, 3.8) is 0 Å². The van der Waals surface area contributed by atoms with Crippen LogP contribution in [0.3, 0.4) is 0 Å². The predicted molar refractivity (Wildman–Crippen MR) is 137 cm³/mol. The zero-order valence-electron chi connectivity index (χ0n) is 21.2. The lowest BCUT2D eigenvalue weighted by molar-refractivity contribution is -0.135. The lowest BCUT2D eigenvalue weighted by Gasteiger charge is -2.33. The average Bonchev–Trinajstić information content (AvgIpc) is 2.88. The standard InChI is InChI=1S/C25H33ClN2O7S/c1-6-35-20-10-9-19(26)14-23(20)36(30,31)28-11-7-8-18(16-28)25(29)27(2)15-17-12-21(32-3)24(34-5)22(13-17)33-4/h9-10,12-14,18H,6-8,11,15-16H2,1-5H3/t18-/m0/s1. The van der Waals surface area contributed by atoms with Gasteiger partial charge in [-0.2, -0.15) is 4.31 Å². The number of piperidine rings is 1. The van der Waals surface area contributed by atoms with Crippen molar-refractivity contribution in [2.75, 3.05) is 48.1 Å². The van der Waals surface area contributed by atoms with Crippen LogP contribution in [0.4, 0.5) is 0 Å². The number of hydrogen-bond acceptors (Lipinski definition) is 7. The van der Waals surface area contributed by atoms with E-state index in [0.29, 0.717) is 54.8 Å². The van der Waals surface area contributed by atoms with Gasteiger partial charge >= 0.3 is 0 Å². The molecule has 1 atom stereocenters. The molecule has 1 saturated heterocycles. The molecular weight excluding hydrogens is 508 g/mol. The number of nitrogens with zero attached hydrogens (tertiary/aromatic N) is 2. The fourth-order valence-electron chi connectivity index (χ4n) is 4.35. The molecule has 1 aliphatic rings. The van der Waals surface area contributed by atoms with E-state index in [1.807, 2.05) is 0 Å². The van der Waals surface area contributed by atoms with Gasteiger partial charge in [0.05, 0.1) is 33.9 Å².